The molecule has 0 radical (unpaired) electrons. The maximum absolute atomic E-state index is 13.4. The highest BCUT2D eigenvalue weighted by atomic mass is 35.5. The average molecular weight is 401 g/mol. The molecule has 3 rings (SSSR count). The number of fused-ring (bicyclic) bond motifs is 1. The summed E-state index contributed by atoms with van der Waals surface area (Å²) in [6.45, 7) is 0.540. The monoisotopic (exact) mass is 400 g/mol. The lowest BCUT2D eigenvalue weighted by Gasteiger charge is -2.07. The highest BCUT2D eigenvalue weighted by molar-refractivity contribution is 6.42. The van der Waals surface area contributed by atoms with Gasteiger partial charge < -0.3 is 10.7 Å². The van der Waals surface area contributed by atoms with Crippen LogP contribution < -0.4 is 5.73 Å². The van der Waals surface area contributed by atoms with Crippen molar-refractivity contribution in [1.29, 1.82) is 0 Å². The van der Waals surface area contributed by atoms with E-state index in [1.165, 1.54) is 6.07 Å². The maximum Gasteiger partial charge on any atom is 0.418 e. The van der Waals surface area contributed by atoms with Crippen LogP contribution in [0.3, 0.4) is 0 Å². The van der Waals surface area contributed by atoms with Gasteiger partial charge in [0, 0.05) is 11.1 Å². The number of hydrogen-bond donors (Lipinski definition) is 2. The van der Waals surface area contributed by atoms with Crippen LogP contribution in [-0.2, 0) is 12.6 Å². The molecule has 0 spiro atoms. The third-order valence-electron chi connectivity index (χ3n) is 4.34. The first kappa shape index (κ1) is 19.1. The van der Waals surface area contributed by atoms with Crippen LogP contribution in [0.15, 0.2) is 36.4 Å². The summed E-state index contributed by atoms with van der Waals surface area (Å²) in [5.74, 6) is 0. The number of alkyl halides is 3. The number of hydrogen-bond acceptors (Lipinski definition) is 1. The predicted molar refractivity (Wildman–Crippen MR) is 101 cm³/mol. The normalized spacial score (nSPS) is 12.1. The molecule has 3 N–H and O–H groups in total. The Morgan fingerprint density at radius 1 is 1.00 bits per heavy atom. The van der Waals surface area contributed by atoms with E-state index >= 15 is 0 Å². The highest BCUT2D eigenvalue weighted by Gasteiger charge is 2.34. The topological polar surface area (TPSA) is 41.8 Å². The number of para-hydroxylation sites is 1. The molecule has 1 heterocycles. The Hall–Kier alpha value is -1.69. The molecule has 2 nitrogen and oxygen atoms in total. The molecule has 0 aliphatic heterocycles. The molecule has 0 atom stereocenters. The van der Waals surface area contributed by atoms with Gasteiger partial charge in [-0.05, 0) is 55.1 Å². The fourth-order valence-electron chi connectivity index (χ4n) is 3.11. The van der Waals surface area contributed by atoms with Crippen LogP contribution >= 0.6 is 23.2 Å². The SMILES string of the molecule is NCCCCc1c(-c2ccc(Cl)c(Cl)c2)[nH]c2c(C(F)(F)F)cccc12. The molecule has 2 aromatic carbocycles. The van der Waals surface area contributed by atoms with E-state index in [4.69, 9.17) is 28.9 Å². The maximum atomic E-state index is 13.4. The Bertz CT molecular complexity index is 932. The van der Waals surface area contributed by atoms with Crippen LogP contribution in [0.4, 0.5) is 13.2 Å². The number of nitrogens with one attached hydrogen (secondary N) is 1. The number of aromatic nitrogens is 1. The molecule has 0 amide bonds. The van der Waals surface area contributed by atoms with Crippen molar-refractivity contribution in [2.45, 2.75) is 25.4 Å². The van der Waals surface area contributed by atoms with Gasteiger partial charge in [0.2, 0.25) is 0 Å². The fraction of sp³-hybridized carbons (Fsp3) is 0.263. The van der Waals surface area contributed by atoms with Crippen molar-refractivity contribution in [3.8, 4) is 11.3 Å². The number of aromatic amines is 1. The van der Waals surface area contributed by atoms with E-state index in [1.54, 1.807) is 24.3 Å². The summed E-state index contributed by atoms with van der Waals surface area (Å²) in [6.07, 6.45) is -2.23. The third kappa shape index (κ3) is 3.70. The van der Waals surface area contributed by atoms with Gasteiger partial charge in [0.05, 0.1) is 21.1 Å². The van der Waals surface area contributed by atoms with Gasteiger partial charge in [-0.15, -0.1) is 0 Å². The van der Waals surface area contributed by atoms with Crippen LogP contribution in [0, 0.1) is 0 Å². The number of unbranched alkanes of at least 4 members (excludes halogenated alkanes) is 1. The molecule has 0 aliphatic rings. The number of nitrogens with two attached hydrogens (primary N) is 1. The van der Waals surface area contributed by atoms with Crippen LogP contribution in [0.25, 0.3) is 22.2 Å². The highest BCUT2D eigenvalue weighted by Crippen LogP contribution is 2.40. The zero-order chi connectivity index (χ0) is 18.9. The second kappa shape index (κ2) is 7.51. The lowest BCUT2D eigenvalue weighted by atomic mass is 9.99. The zero-order valence-corrected chi connectivity index (χ0v) is 15.3. The molecule has 0 saturated heterocycles. The molecule has 1 aromatic heterocycles. The molecular weight excluding hydrogens is 384 g/mol. The van der Waals surface area contributed by atoms with Crippen molar-refractivity contribution in [2.24, 2.45) is 5.73 Å². The second-order valence-corrected chi connectivity index (χ2v) is 6.89. The van der Waals surface area contributed by atoms with E-state index in [0.717, 1.165) is 24.5 Å². The Kier molecular flexibility index (Phi) is 5.51. The zero-order valence-electron chi connectivity index (χ0n) is 13.8. The minimum Gasteiger partial charge on any atom is -0.354 e. The number of aryl methyl sites for hydroxylation is 1. The Morgan fingerprint density at radius 2 is 1.77 bits per heavy atom. The van der Waals surface area contributed by atoms with Crippen LogP contribution in [0.2, 0.25) is 10.0 Å². The van der Waals surface area contributed by atoms with Crippen molar-refractivity contribution < 1.29 is 13.2 Å². The van der Waals surface area contributed by atoms with Crippen molar-refractivity contribution in [3.63, 3.8) is 0 Å². The van der Waals surface area contributed by atoms with E-state index in [-0.39, 0.29) is 5.52 Å². The van der Waals surface area contributed by atoms with Crippen LogP contribution in [0.5, 0.6) is 0 Å². The first-order chi connectivity index (χ1) is 12.3. The summed E-state index contributed by atoms with van der Waals surface area (Å²) < 4.78 is 40.2. The first-order valence-corrected chi connectivity index (χ1v) is 8.94. The molecule has 26 heavy (non-hydrogen) atoms. The Morgan fingerprint density at radius 3 is 2.42 bits per heavy atom. The summed E-state index contributed by atoms with van der Waals surface area (Å²) in [7, 11) is 0. The minimum atomic E-state index is -4.44. The van der Waals surface area contributed by atoms with E-state index in [0.29, 0.717) is 39.7 Å². The van der Waals surface area contributed by atoms with Gasteiger partial charge in [-0.3, -0.25) is 0 Å². The molecule has 3 aromatic rings. The number of H-pyrrole nitrogens is 1. The van der Waals surface area contributed by atoms with Gasteiger partial charge in [-0.2, -0.15) is 13.2 Å². The van der Waals surface area contributed by atoms with Gasteiger partial charge >= 0.3 is 6.18 Å². The summed E-state index contributed by atoms with van der Waals surface area (Å²) in [4.78, 5) is 2.98. The number of halogens is 5. The predicted octanol–water partition coefficient (Wildman–Crippen LogP) is 6.44. The van der Waals surface area contributed by atoms with Gasteiger partial charge in [-0.25, -0.2) is 0 Å². The summed E-state index contributed by atoms with van der Waals surface area (Å²) in [5, 5.41) is 1.32. The summed E-state index contributed by atoms with van der Waals surface area (Å²) >= 11 is 12.1. The lowest BCUT2D eigenvalue weighted by Crippen LogP contribution is -2.05. The van der Waals surface area contributed by atoms with Gasteiger partial charge in [-0.1, -0.05) is 41.4 Å². The van der Waals surface area contributed by atoms with Crippen molar-refractivity contribution in [2.75, 3.05) is 6.54 Å². The van der Waals surface area contributed by atoms with E-state index in [2.05, 4.69) is 4.98 Å². The summed E-state index contributed by atoms with van der Waals surface area (Å²) in [5.41, 5.74) is 7.13. The Labute approximate surface area is 159 Å². The number of benzene rings is 2. The van der Waals surface area contributed by atoms with E-state index < -0.39 is 11.7 Å². The van der Waals surface area contributed by atoms with Gasteiger partial charge in [0.25, 0.3) is 0 Å². The molecule has 0 aliphatic carbocycles. The van der Waals surface area contributed by atoms with E-state index in [9.17, 15) is 13.2 Å². The van der Waals surface area contributed by atoms with Gasteiger partial charge in [0.15, 0.2) is 0 Å². The Balaban J connectivity index is 2.22. The quantitative estimate of drug-likeness (QED) is 0.475. The first-order valence-electron chi connectivity index (χ1n) is 8.19. The average Bonchev–Trinajstić information content (AvgIpc) is 2.95. The van der Waals surface area contributed by atoms with Gasteiger partial charge in [0.1, 0.15) is 0 Å². The second-order valence-electron chi connectivity index (χ2n) is 6.08. The summed E-state index contributed by atoms with van der Waals surface area (Å²) in [6, 6.07) is 9.27. The van der Waals surface area contributed by atoms with Crippen molar-refractivity contribution in [3.05, 3.63) is 57.6 Å². The largest absolute Gasteiger partial charge is 0.418 e. The molecule has 0 bridgehead atoms. The molecule has 0 saturated carbocycles. The van der Waals surface area contributed by atoms with Crippen molar-refractivity contribution >= 4 is 34.1 Å². The van der Waals surface area contributed by atoms with Crippen LogP contribution in [-0.4, -0.2) is 11.5 Å². The number of rotatable bonds is 5. The van der Waals surface area contributed by atoms with Crippen molar-refractivity contribution in [1.82, 2.24) is 4.98 Å². The lowest BCUT2D eigenvalue weighted by molar-refractivity contribution is -0.136. The molecule has 0 unspecified atom stereocenters. The molecule has 7 heteroatoms. The van der Waals surface area contributed by atoms with E-state index in [1.807, 2.05) is 0 Å². The fourth-order valence-corrected chi connectivity index (χ4v) is 3.41. The van der Waals surface area contributed by atoms with Crippen LogP contribution in [0.1, 0.15) is 24.0 Å². The smallest absolute Gasteiger partial charge is 0.354 e. The molecule has 138 valence electrons. The standard InChI is InChI=1S/C19H17Cl2F3N2/c20-15-8-7-11(10-16(15)21)17-12(4-1-2-9-25)13-5-3-6-14(18(13)26-17)19(22,23)24/h3,5-8,10,26H,1-2,4,9,25H2. The molecular formula is C19H17Cl2F3N2. The minimum absolute atomic E-state index is 0.0869. The molecule has 0 fully saturated rings. The third-order valence-corrected chi connectivity index (χ3v) is 5.07.